The average Bonchev–Trinajstić information content (AvgIpc) is 2.56. The Morgan fingerprint density at radius 2 is 1.46 bits per heavy atom. The van der Waals surface area contributed by atoms with Crippen LogP contribution in [0.1, 0.15) is 26.2 Å². The second-order valence-corrected chi connectivity index (χ2v) is 7.20. The standard InChI is InChI=1S/C18H41N5O/c1-18-16-20-10-15-22(3)12-7-8-19-9-14-21(2)11-5-6-13-23(18)17-24-4/h18-20H,5-17H2,1-4H3. The largest absolute Gasteiger partial charge is 0.369 e. The second kappa shape index (κ2) is 14.0. The van der Waals surface area contributed by atoms with Gasteiger partial charge in [-0.05, 0) is 59.9 Å². The predicted octanol–water partition coefficient (Wildman–Crippen LogP) is 0.508. The number of nitrogens with zero attached hydrogens (tertiary/aromatic N) is 3. The lowest BCUT2D eigenvalue weighted by Gasteiger charge is -2.29. The van der Waals surface area contributed by atoms with Crippen molar-refractivity contribution >= 4 is 0 Å². The fraction of sp³-hybridized carbons (Fsp3) is 1.00. The molecule has 144 valence electrons. The Morgan fingerprint density at radius 3 is 2.17 bits per heavy atom. The van der Waals surface area contributed by atoms with Crippen LogP contribution in [0, 0.1) is 0 Å². The molecule has 0 bridgehead atoms. The van der Waals surface area contributed by atoms with Gasteiger partial charge in [0.15, 0.2) is 0 Å². The molecule has 0 aliphatic carbocycles. The number of hydrogen-bond donors (Lipinski definition) is 2. The minimum Gasteiger partial charge on any atom is -0.369 e. The van der Waals surface area contributed by atoms with E-state index in [0.717, 1.165) is 59.1 Å². The number of hydrogen-bond acceptors (Lipinski definition) is 6. The summed E-state index contributed by atoms with van der Waals surface area (Å²) in [7, 11) is 6.24. The summed E-state index contributed by atoms with van der Waals surface area (Å²) in [5, 5.41) is 7.16. The summed E-state index contributed by atoms with van der Waals surface area (Å²) in [5.41, 5.74) is 0. The molecule has 1 unspecified atom stereocenters. The lowest BCUT2D eigenvalue weighted by Crippen LogP contribution is -2.43. The Balaban J connectivity index is 2.43. The van der Waals surface area contributed by atoms with Crippen LogP contribution in [-0.2, 0) is 4.74 Å². The quantitative estimate of drug-likeness (QED) is 0.762. The molecule has 0 aromatic heterocycles. The first-order chi connectivity index (χ1) is 11.6. The molecule has 0 radical (unpaired) electrons. The molecule has 24 heavy (non-hydrogen) atoms. The zero-order valence-electron chi connectivity index (χ0n) is 16.5. The first-order valence-electron chi connectivity index (χ1n) is 9.65. The molecule has 2 N–H and O–H groups in total. The molecule has 0 saturated carbocycles. The van der Waals surface area contributed by atoms with Crippen molar-refractivity contribution in [2.75, 3.05) is 86.8 Å². The predicted molar refractivity (Wildman–Crippen MR) is 103 cm³/mol. The molecule has 1 aliphatic rings. The zero-order valence-corrected chi connectivity index (χ0v) is 16.5. The van der Waals surface area contributed by atoms with Crippen molar-refractivity contribution in [2.45, 2.75) is 32.2 Å². The molecule has 1 heterocycles. The van der Waals surface area contributed by atoms with Gasteiger partial charge in [0.1, 0.15) is 0 Å². The van der Waals surface area contributed by atoms with Crippen molar-refractivity contribution in [3.05, 3.63) is 0 Å². The summed E-state index contributed by atoms with van der Waals surface area (Å²) in [5.74, 6) is 0. The molecule has 1 atom stereocenters. The van der Waals surface area contributed by atoms with E-state index >= 15 is 0 Å². The summed E-state index contributed by atoms with van der Waals surface area (Å²) in [6, 6.07) is 0.510. The molecule has 1 saturated heterocycles. The normalized spacial score (nSPS) is 26.8. The molecule has 6 heteroatoms. The molecule has 1 aliphatic heterocycles. The van der Waals surface area contributed by atoms with Crippen LogP contribution in [0.2, 0.25) is 0 Å². The van der Waals surface area contributed by atoms with Crippen LogP contribution in [0.25, 0.3) is 0 Å². The van der Waals surface area contributed by atoms with Gasteiger partial charge in [0.25, 0.3) is 0 Å². The van der Waals surface area contributed by atoms with Crippen LogP contribution >= 0.6 is 0 Å². The van der Waals surface area contributed by atoms with Crippen molar-refractivity contribution in [3.8, 4) is 0 Å². The van der Waals surface area contributed by atoms with Gasteiger partial charge in [0.2, 0.25) is 0 Å². The maximum absolute atomic E-state index is 5.40. The number of ether oxygens (including phenoxy) is 1. The van der Waals surface area contributed by atoms with Gasteiger partial charge in [-0.2, -0.15) is 0 Å². The number of methoxy groups -OCH3 is 1. The van der Waals surface area contributed by atoms with Gasteiger partial charge in [-0.25, -0.2) is 0 Å². The van der Waals surface area contributed by atoms with Crippen LogP contribution in [0.15, 0.2) is 0 Å². The first kappa shape index (κ1) is 21.8. The highest BCUT2D eigenvalue weighted by molar-refractivity contribution is 4.69. The summed E-state index contributed by atoms with van der Waals surface area (Å²) in [4.78, 5) is 7.30. The van der Waals surface area contributed by atoms with E-state index in [1.807, 2.05) is 0 Å². The third-order valence-electron chi connectivity index (χ3n) is 4.83. The third-order valence-corrected chi connectivity index (χ3v) is 4.83. The van der Waals surface area contributed by atoms with Crippen molar-refractivity contribution in [3.63, 3.8) is 0 Å². The third kappa shape index (κ3) is 10.6. The van der Waals surface area contributed by atoms with E-state index in [0.29, 0.717) is 6.04 Å². The van der Waals surface area contributed by atoms with E-state index < -0.39 is 0 Å². The van der Waals surface area contributed by atoms with E-state index in [9.17, 15) is 0 Å². The van der Waals surface area contributed by atoms with Crippen molar-refractivity contribution in [2.24, 2.45) is 0 Å². The zero-order chi connectivity index (χ0) is 17.6. The van der Waals surface area contributed by atoms with Crippen LogP contribution in [-0.4, -0.2) is 108 Å². The molecule has 0 amide bonds. The van der Waals surface area contributed by atoms with Gasteiger partial charge in [0, 0.05) is 52.4 Å². The highest BCUT2D eigenvalue weighted by atomic mass is 16.5. The number of nitrogens with one attached hydrogen (secondary N) is 2. The van der Waals surface area contributed by atoms with Crippen LogP contribution in [0.3, 0.4) is 0 Å². The van der Waals surface area contributed by atoms with Gasteiger partial charge < -0.3 is 25.2 Å². The second-order valence-electron chi connectivity index (χ2n) is 7.20. The monoisotopic (exact) mass is 343 g/mol. The van der Waals surface area contributed by atoms with Crippen LogP contribution < -0.4 is 10.6 Å². The maximum atomic E-state index is 5.40. The van der Waals surface area contributed by atoms with Crippen molar-refractivity contribution in [1.29, 1.82) is 0 Å². The summed E-state index contributed by atoms with van der Waals surface area (Å²) in [6.07, 6.45) is 3.70. The molecule has 6 nitrogen and oxygen atoms in total. The Hall–Kier alpha value is -0.240. The smallest absolute Gasteiger partial charge is 0.0989 e. The summed E-state index contributed by atoms with van der Waals surface area (Å²) in [6.45, 7) is 13.0. The van der Waals surface area contributed by atoms with Gasteiger partial charge >= 0.3 is 0 Å². The maximum Gasteiger partial charge on any atom is 0.0989 e. The Kier molecular flexibility index (Phi) is 12.7. The first-order valence-corrected chi connectivity index (χ1v) is 9.65. The van der Waals surface area contributed by atoms with E-state index in [2.05, 4.69) is 46.4 Å². The molecule has 1 fully saturated rings. The van der Waals surface area contributed by atoms with E-state index in [1.165, 1.54) is 25.8 Å². The van der Waals surface area contributed by atoms with E-state index in [4.69, 9.17) is 4.74 Å². The van der Waals surface area contributed by atoms with Crippen LogP contribution in [0.5, 0.6) is 0 Å². The lowest BCUT2D eigenvalue weighted by molar-refractivity contribution is 0.0362. The van der Waals surface area contributed by atoms with Gasteiger partial charge in [-0.15, -0.1) is 0 Å². The SMILES string of the molecule is COCN1CCCCN(C)CCNCCCN(C)CCNCC1C. The fourth-order valence-corrected chi connectivity index (χ4v) is 3.08. The van der Waals surface area contributed by atoms with Gasteiger partial charge in [-0.1, -0.05) is 0 Å². The van der Waals surface area contributed by atoms with Crippen molar-refractivity contribution in [1.82, 2.24) is 25.3 Å². The average molecular weight is 344 g/mol. The molecular formula is C18H41N5O. The minimum atomic E-state index is 0.510. The van der Waals surface area contributed by atoms with Gasteiger partial charge in [-0.3, -0.25) is 4.90 Å². The highest BCUT2D eigenvalue weighted by Crippen LogP contribution is 2.03. The Labute approximate surface area is 149 Å². The summed E-state index contributed by atoms with van der Waals surface area (Å²) >= 11 is 0. The topological polar surface area (TPSA) is 43.0 Å². The Bertz CT molecular complexity index is 293. The summed E-state index contributed by atoms with van der Waals surface area (Å²) < 4.78 is 5.40. The van der Waals surface area contributed by atoms with E-state index in [-0.39, 0.29) is 0 Å². The lowest BCUT2D eigenvalue weighted by atomic mass is 10.2. The molecule has 0 aromatic rings. The fourth-order valence-electron chi connectivity index (χ4n) is 3.08. The Morgan fingerprint density at radius 1 is 0.833 bits per heavy atom. The molecular weight excluding hydrogens is 302 g/mol. The number of likely N-dealkylation sites (N-methyl/N-ethyl adjacent to an activating group) is 2. The van der Waals surface area contributed by atoms with Crippen molar-refractivity contribution < 1.29 is 4.74 Å². The van der Waals surface area contributed by atoms with E-state index in [1.54, 1.807) is 7.11 Å². The molecule has 0 spiro atoms. The molecule has 0 aromatic carbocycles. The van der Waals surface area contributed by atoms with Crippen LogP contribution in [0.4, 0.5) is 0 Å². The number of rotatable bonds is 2. The minimum absolute atomic E-state index is 0.510. The molecule has 1 rings (SSSR count). The van der Waals surface area contributed by atoms with Gasteiger partial charge in [0.05, 0.1) is 6.73 Å². The highest BCUT2D eigenvalue weighted by Gasteiger charge is 2.13.